The van der Waals surface area contributed by atoms with Gasteiger partial charge in [-0.25, -0.2) is 0 Å². The minimum atomic E-state index is -1.07. The minimum absolute atomic E-state index is 0.162. The average molecular weight is 535 g/mol. The maximum absolute atomic E-state index is 14.8. The molecule has 2 aliphatic heterocycles. The number of carbonyl (C=O) groups is 1. The summed E-state index contributed by atoms with van der Waals surface area (Å²) in [5, 5.41) is 11.3. The van der Waals surface area contributed by atoms with Gasteiger partial charge in [0.15, 0.2) is 0 Å². The molecule has 1 spiro atoms. The first kappa shape index (κ1) is 29.3. The van der Waals surface area contributed by atoms with Crippen molar-refractivity contribution in [3.63, 3.8) is 0 Å². The monoisotopic (exact) mass is 534 g/mol. The normalized spacial score (nSPS) is 32.6. The number of hydrogen-bond acceptors (Lipinski definition) is 3. The van der Waals surface area contributed by atoms with Crippen molar-refractivity contribution in [1.82, 2.24) is 0 Å². The lowest BCUT2D eigenvalue weighted by molar-refractivity contribution is -0.945. The van der Waals surface area contributed by atoms with Crippen LogP contribution in [0.4, 0.5) is 0 Å². The van der Waals surface area contributed by atoms with Crippen LogP contribution in [0.2, 0.25) is 0 Å². The molecule has 3 heterocycles. The van der Waals surface area contributed by atoms with Crippen LogP contribution in [-0.4, -0.2) is 35.5 Å². The van der Waals surface area contributed by atoms with Crippen LogP contribution in [0.15, 0.2) is 4.20 Å². The SMILES string of the molecule is C[N+]1(C)C2CCCCCCCCCCCCC2C(=O)C12CCCCCCCCCCCCc1c(O)op12. The molecule has 0 aromatic carbocycles. The molecule has 3 aliphatic rings. The molecule has 4 unspecified atom stereocenters. The van der Waals surface area contributed by atoms with Crippen molar-refractivity contribution in [3.05, 3.63) is 5.30 Å². The Bertz CT molecular complexity index is 827. The van der Waals surface area contributed by atoms with Gasteiger partial charge in [0, 0.05) is 12.8 Å². The van der Waals surface area contributed by atoms with E-state index in [1.54, 1.807) is 0 Å². The van der Waals surface area contributed by atoms with Crippen LogP contribution in [0.5, 0.6) is 5.95 Å². The molecule has 0 radical (unpaired) electrons. The first-order chi connectivity index (χ1) is 18.0. The van der Waals surface area contributed by atoms with E-state index in [9.17, 15) is 9.90 Å². The van der Waals surface area contributed by atoms with Gasteiger partial charge in [0.25, 0.3) is 5.95 Å². The summed E-state index contributed by atoms with van der Waals surface area (Å²) in [7, 11) is 3.67. The van der Waals surface area contributed by atoms with Crippen molar-refractivity contribution in [2.24, 2.45) is 5.92 Å². The van der Waals surface area contributed by atoms with E-state index < -0.39 is 13.1 Å². The Morgan fingerprint density at radius 1 is 0.703 bits per heavy atom. The van der Waals surface area contributed by atoms with Crippen LogP contribution in [0, 0.1) is 5.92 Å². The highest BCUT2D eigenvalue weighted by molar-refractivity contribution is 7.47. The predicted molar refractivity (Wildman–Crippen MR) is 155 cm³/mol. The highest BCUT2D eigenvalue weighted by Gasteiger charge is 2.69. The fourth-order valence-corrected chi connectivity index (χ4v) is 10.9. The van der Waals surface area contributed by atoms with Crippen LogP contribution in [-0.2, 0) is 16.5 Å². The molecule has 212 valence electrons. The summed E-state index contributed by atoms with van der Waals surface area (Å²) < 4.78 is 7.02. The van der Waals surface area contributed by atoms with Gasteiger partial charge in [-0.15, -0.1) is 0 Å². The number of quaternary nitrogens is 1. The van der Waals surface area contributed by atoms with Crippen molar-refractivity contribution < 1.29 is 18.6 Å². The number of rotatable bonds is 0. The maximum Gasteiger partial charge on any atom is 0.295 e. The van der Waals surface area contributed by atoms with E-state index in [-0.39, 0.29) is 11.9 Å². The average Bonchev–Trinajstić information content (AvgIpc) is 3.02. The molecule has 0 bridgehead atoms. The van der Waals surface area contributed by atoms with E-state index in [1.165, 1.54) is 122 Å². The number of likely N-dealkylation sites (tertiary alicyclic amines) is 1. The molecule has 0 amide bonds. The molecular formula is C32H57NO3P+. The maximum atomic E-state index is 14.8. The second kappa shape index (κ2) is 14.1. The molecule has 4 nitrogen and oxygen atoms in total. The van der Waals surface area contributed by atoms with E-state index >= 15 is 0 Å². The minimum Gasteiger partial charge on any atom is -0.480 e. The number of ketones is 1. The third-order valence-corrected chi connectivity index (χ3v) is 13.3. The largest absolute Gasteiger partial charge is 0.480 e. The van der Waals surface area contributed by atoms with Crippen molar-refractivity contribution in [3.8, 4) is 5.95 Å². The van der Waals surface area contributed by atoms with Gasteiger partial charge in [-0.2, -0.15) is 0 Å². The first-order valence-electron chi connectivity index (χ1n) is 16.3. The number of hydrogen-bond donors (Lipinski definition) is 1. The summed E-state index contributed by atoms with van der Waals surface area (Å²) in [5.74, 6) is 0.839. The summed E-state index contributed by atoms with van der Waals surface area (Å²) in [6, 6.07) is 0.396. The third kappa shape index (κ3) is 6.54. The number of likely N-dealkylation sites (N-methyl/N-ethyl adjacent to an activating group) is 1. The summed E-state index contributed by atoms with van der Waals surface area (Å²) in [4.78, 5) is 14.8. The molecule has 1 aromatic rings. The lowest BCUT2D eigenvalue weighted by Gasteiger charge is -2.46. The smallest absolute Gasteiger partial charge is 0.295 e. The van der Waals surface area contributed by atoms with Crippen LogP contribution in [0.25, 0.3) is 0 Å². The van der Waals surface area contributed by atoms with E-state index in [0.717, 1.165) is 41.9 Å². The lowest BCUT2D eigenvalue weighted by atomic mass is 9.87. The van der Waals surface area contributed by atoms with Crippen LogP contribution < -0.4 is 0 Å². The van der Waals surface area contributed by atoms with Crippen LogP contribution in [0.1, 0.15) is 153 Å². The van der Waals surface area contributed by atoms with Crippen molar-refractivity contribution in [1.29, 1.82) is 0 Å². The van der Waals surface area contributed by atoms with Gasteiger partial charge in [-0.3, -0.25) is 4.79 Å². The summed E-state index contributed by atoms with van der Waals surface area (Å²) in [6.07, 6.45) is 29.9. The molecule has 1 aromatic heterocycles. The lowest BCUT2D eigenvalue weighted by Crippen LogP contribution is -2.56. The zero-order valence-corrected chi connectivity index (χ0v) is 25.2. The molecule has 2 fully saturated rings. The topological polar surface area (TPSA) is 50.4 Å². The predicted octanol–water partition coefficient (Wildman–Crippen LogP) is 9.81. The Kier molecular flexibility index (Phi) is 11.1. The Morgan fingerprint density at radius 2 is 1.16 bits per heavy atom. The molecular weight excluding hydrogens is 477 g/mol. The van der Waals surface area contributed by atoms with Gasteiger partial charge in [-0.05, 0) is 32.1 Å². The number of aromatic hydroxyl groups is 1. The first-order valence-corrected chi connectivity index (χ1v) is 17.5. The van der Waals surface area contributed by atoms with Crippen LogP contribution >= 0.6 is 7.77 Å². The number of Topliss-reactive ketones (excluding diaryl/α,β-unsaturated/α-hetero) is 1. The second-order valence-corrected chi connectivity index (χ2v) is 15.2. The molecule has 1 aliphatic carbocycles. The van der Waals surface area contributed by atoms with Crippen molar-refractivity contribution in [2.75, 3.05) is 14.1 Å². The fraction of sp³-hybridized carbons (Fsp3) is 0.906. The molecule has 4 rings (SSSR count). The van der Waals surface area contributed by atoms with E-state index in [2.05, 4.69) is 14.1 Å². The Labute approximate surface area is 228 Å². The molecule has 1 N–H and O–H groups in total. The number of carbonyl (C=O) groups excluding carboxylic acids is 1. The second-order valence-electron chi connectivity index (χ2n) is 13.2. The highest BCUT2D eigenvalue weighted by Crippen LogP contribution is 2.67. The van der Waals surface area contributed by atoms with Crippen LogP contribution in [0.3, 0.4) is 0 Å². The van der Waals surface area contributed by atoms with Gasteiger partial charge in [0.2, 0.25) is 11.1 Å². The van der Waals surface area contributed by atoms with Gasteiger partial charge in [-0.1, -0.05) is 109 Å². The highest BCUT2D eigenvalue weighted by atomic mass is 31.1. The third-order valence-electron chi connectivity index (χ3n) is 10.4. The van der Waals surface area contributed by atoms with Gasteiger partial charge in [0.1, 0.15) is 13.8 Å². The summed E-state index contributed by atoms with van der Waals surface area (Å²) in [5.41, 5.74) is 0. The van der Waals surface area contributed by atoms with Gasteiger partial charge in [0.05, 0.1) is 25.3 Å². The number of fused-ring (bicyclic) bond motifs is 3. The Balaban J connectivity index is 1.65. The summed E-state index contributed by atoms with van der Waals surface area (Å²) in [6.45, 7) is 0. The molecule has 5 heteroatoms. The molecule has 37 heavy (non-hydrogen) atoms. The zero-order valence-electron chi connectivity index (χ0n) is 24.3. The molecule has 1 saturated heterocycles. The van der Waals surface area contributed by atoms with Gasteiger partial charge >= 0.3 is 0 Å². The fourth-order valence-electron chi connectivity index (χ4n) is 8.13. The van der Waals surface area contributed by atoms with E-state index in [1.807, 2.05) is 0 Å². The van der Waals surface area contributed by atoms with Crippen molar-refractivity contribution in [2.45, 2.75) is 165 Å². The van der Waals surface area contributed by atoms with E-state index in [0.29, 0.717) is 11.8 Å². The Hall–Kier alpha value is -0.730. The summed E-state index contributed by atoms with van der Waals surface area (Å²) >= 11 is 0. The zero-order chi connectivity index (χ0) is 26.1. The van der Waals surface area contributed by atoms with Crippen molar-refractivity contribution >= 4 is 13.6 Å². The Morgan fingerprint density at radius 3 is 1.70 bits per heavy atom. The molecule has 1 saturated carbocycles. The van der Waals surface area contributed by atoms with Gasteiger partial charge < -0.3 is 13.8 Å². The van der Waals surface area contributed by atoms with E-state index in [4.69, 9.17) is 4.20 Å². The standard InChI is InChI=1S/C32H56NO3P/c1-33(2)28-24-20-16-12-8-4-3-7-11-15-19-23-27(28)30(34)32(33)26-22-18-14-10-6-5-9-13-17-21-25-29-31(35)36-37(29)32/h27-28H,3-26H2,1-2H3/p+1. The quantitative estimate of drug-likeness (QED) is 0.337. The number of nitrogens with zero attached hydrogens (tertiary/aromatic N) is 1. The molecule has 4 atom stereocenters.